The van der Waals surface area contributed by atoms with Crippen LogP contribution in [0.3, 0.4) is 0 Å². The SMILES string of the molecule is Cc1ccc(CNc2ncc3cc4n(c3n2)C2(CCCCC2)CCC4=O)o1. The van der Waals surface area contributed by atoms with Crippen molar-refractivity contribution in [2.24, 2.45) is 0 Å². The molecule has 140 valence electrons. The van der Waals surface area contributed by atoms with Crippen molar-refractivity contribution in [2.45, 2.75) is 64.0 Å². The van der Waals surface area contributed by atoms with Gasteiger partial charge in [-0.25, -0.2) is 4.98 Å². The number of nitrogens with one attached hydrogen (secondary N) is 1. The summed E-state index contributed by atoms with van der Waals surface area (Å²) < 4.78 is 7.85. The summed E-state index contributed by atoms with van der Waals surface area (Å²) in [5.74, 6) is 2.54. The third-order valence-corrected chi connectivity index (χ3v) is 6.12. The number of rotatable bonds is 3. The second-order valence-corrected chi connectivity index (χ2v) is 7.91. The number of furan rings is 1. The second-order valence-electron chi connectivity index (χ2n) is 7.91. The van der Waals surface area contributed by atoms with Crippen LogP contribution in [0.2, 0.25) is 0 Å². The van der Waals surface area contributed by atoms with Gasteiger partial charge in [-0.3, -0.25) is 4.79 Å². The predicted molar refractivity (Wildman–Crippen MR) is 103 cm³/mol. The summed E-state index contributed by atoms with van der Waals surface area (Å²) in [6, 6.07) is 5.88. The van der Waals surface area contributed by atoms with Crippen LogP contribution in [0.15, 0.2) is 28.8 Å². The van der Waals surface area contributed by atoms with Gasteiger partial charge in [-0.1, -0.05) is 19.3 Å². The van der Waals surface area contributed by atoms with Gasteiger partial charge in [0.05, 0.1) is 12.2 Å². The van der Waals surface area contributed by atoms with Gasteiger partial charge in [0, 0.05) is 23.5 Å². The van der Waals surface area contributed by atoms with E-state index in [1.807, 2.05) is 31.3 Å². The molecule has 1 aliphatic carbocycles. The van der Waals surface area contributed by atoms with Crippen LogP contribution >= 0.6 is 0 Å². The zero-order valence-electron chi connectivity index (χ0n) is 15.6. The van der Waals surface area contributed by atoms with Crippen LogP contribution in [0.25, 0.3) is 11.0 Å². The molecule has 1 fully saturated rings. The smallest absolute Gasteiger partial charge is 0.225 e. The molecule has 0 amide bonds. The van der Waals surface area contributed by atoms with Crippen molar-refractivity contribution in [3.63, 3.8) is 0 Å². The minimum Gasteiger partial charge on any atom is -0.465 e. The average molecular weight is 364 g/mol. The molecule has 0 saturated heterocycles. The molecule has 1 saturated carbocycles. The fourth-order valence-electron chi connectivity index (χ4n) is 4.78. The lowest BCUT2D eigenvalue weighted by Crippen LogP contribution is -2.41. The normalized spacial score (nSPS) is 18.8. The zero-order valence-corrected chi connectivity index (χ0v) is 15.6. The van der Waals surface area contributed by atoms with Crippen LogP contribution in [-0.4, -0.2) is 20.3 Å². The van der Waals surface area contributed by atoms with Crippen LogP contribution < -0.4 is 5.32 Å². The molecule has 1 aliphatic heterocycles. The lowest BCUT2D eigenvalue weighted by Gasteiger charge is -2.42. The molecule has 3 aromatic rings. The van der Waals surface area contributed by atoms with Crippen molar-refractivity contribution in [3.8, 4) is 0 Å². The molecule has 3 aromatic heterocycles. The largest absolute Gasteiger partial charge is 0.465 e. The van der Waals surface area contributed by atoms with Gasteiger partial charge in [-0.05, 0) is 44.4 Å². The number of fused-ring (bicyclic) bond motifs is 4. The molecule has 0 atom stereocenters. The van der Waals surface area contributed by atoms with E-state index in [9.17, 15) is 4.79 Å². The van der Waals surface area contributed by atoms with Crippen LogP contribution in [0.1, 0.15) is 67.0 Å². The fraction of sp³-hybridized carbons (Fsp3) is 0.476. The zero-order chi connectivity index (χ0) is 18.4. The number of aromatic nitrogens is 3. The quantitative estimate of drug-likeness (QED) is 0.736. The molecule has 0 unspecified atom stereocenters. The fourth-order valence-corrected chi connectivity index (χ4v) is 4.78. The van der Waals surface area contributed by atoms with Gasteiger partial charge in [0.2, 0.25) is 5.95 Å². The highest BCUT2D eigenvalue weighted by Crippen LogP contribution is 2.45. The predicted octanol–water partition coefficient (Wildman–Crippen LogP) is 4.58. The Morgan fingerprint density at radius 1 is 1.22 bits per heavy atom. The van der Waals surface area contributed by atoms with E-state index in [1.165, 1.54) is 19.3 Å². The lowest BCUT2D eigenvalue weighted by molar-refractivity contribution is 0.0852. The number of carbonyl (C=O) groups excluding carboxylic acids is 1. The third-order valence-electron chi connectivity index (χ3n) is 6.12. The first kappa shape index (κ1) is 16.5. The molecule has 6 heteroatoms. The minimum atomic E-state index is 0.0486. The molecule has 5 rings (SSSR count). The Morgan fingerprint density at radius 2 is 2.07 bits per heavy atom. The van der Waals surface area contributed by atoms with E-state index in [0.29, 0.717) is 18.9 Å². The standard InChI is InChI=1S/C21H24N4O2/c1-14-5-6-16(27-14)13-23-20-22-12-15-11-17-18(26)7-10-21(8-3-2-4-9-21)25(17)19(15)24-20/h5-6,11-12H,2-4,7-10,13H2,1H3,(H,22,23,24). The van der Waals surface area contributed by atoms with E-state index in [0.717, 1.165) is 47.5 Å². The van der Waals surface area contributed by atoms with Crippen molar-refractivity contribution in [2.75, 3.05) is 5.32 Å². The number of Topliss-reactive ketones (excluding diaryl/α,β-unsaturated/α-hetero) is 1. The van der Waals surface area contributed by atoms with Crippen LogP contribution in [0, 0.1) is 6.92 Å². The van der Waals surface area contributed by atoms with Gasteiger partial charge in [-0.15, -0.1) is 0 Å². The molecule has 0 bridgehead atoms. The Labute approximate surface area is 158 Å². The molecule has 4 heterocycles. The number of hydrogen-bond acceptors (Lipinski definition) is 5. The maximum atomic E-state index is 12.6. The molecule has 0 radical (unpaired) electrons. The summed E-state index contributed by atoms with van der Waals surface area (Å²) in [6.07, 6.45) is 9.41. The van der Waals surface area contributed by atoms with Crippen molar-refractivity contribution < 1.29 is 9.21 Å². The van der Waals surface area contributed by atoms with Crippen LogP contribution in [0.4, 0.5) is 5.95 Å². The van der Waals surface area contributed by atoms with Crippen LogP contribution in [-0.2, 0) is 12.1 Å². The van der Waals surface area contributed by atoms with Crippen LogP contribution in [0.5, 0.6) is 0 Å². The van der Waals surface area contributed by atoms with Gasteiger partial charge in [0.1, 0.15) is 17.2 Å². The molecule has 6 nitrogen and oxygen atoms in total. The van der Waals surface area contributed by atoms with E-state index >= 15 is 0 Å². The highest BCUT2D eigenvalue weighted by atomic mass is 16.3. The number of ketones is 1. The number of hydrogen-bond donors (Lipinski definition) is 1. The Hall–Kier alpha value is -2.63. The number of carbonyl (C=O) groups is 1. The van der Waals surface area contributed by atoms with Gasteiger partial charge >= 0.3 is 0 Å². The first-order valence-corrected chi connectivity index (χ1v) is 9.86. The molecule has 0 aromatic carbocycles. The van der Waals surface area contributed by atoms with Gasteiger partial charge in [-0.2, -0.15) is 4.98 Å². The summed E-state index contributed by atoms with van der Waals surface area (Å²) in [6.45, 7) is 2.47. The number of anilines is 1. The van der Waals surface area contributed by atoms with E-state index in [-0.39, 0.29) is 11.3 Å². The summed E-state index contributed by atoms with van der Waals surface area (Å²) in [4.78, 5) is 21.8. The Morgan fingerprint density at radius 3 is 2.85 bits per heavy atom. The summed E-state index contributed by atoms with van der Waals surface area (Å²) in [7, 11) is 0. The van der Waals surface area contributed by atoms with Crippen molar-refractivity contribution >= 4 is 22.8 Å². The van der Waals surface area contributed by atoms with E-state index in [1.54, 1.807) is 0 Å². The van der Waals surface area contributed by atoms with Gasteiger partial charge < -0.3 is 14.3 Å². The summed E-state index contributed by atoms with van der Waals surface area (Å²) in [5, 5.41) is 4.20. The molecule has 2 aliphatic rings. The van der Waals surface area contributed by atoms with E-state index < -0.39 is 0 Å². The molecule has 1 spiro atoms. The average Bonchev–Trinajstić information content (AvgIpc) is 3.28. The molecule has 1 N–H and O–H groups in total. The van der Waals surface area contributed by atoms with Gasteiger partial charge in [0.15, 0.2) is 5.78 Å². The minimum absolute atomic E-state index is 0.0486. The molecular formula is C21H24N4O2. The van der Waals surface area contributed by atoms with Gasteiger partial charge in [0.25, 0.3) is 0 Å². The Bertz CT molecular complexity index is 1010. The topological polar surface area (TPSA) is 73.0 Å². The second kappa shape index (κ2) is 6.22. The molecular weight excluding hydrogens is 340 g/mol. The van der Waals surface area contributed by atoms with E-state index in [2.05, 4.69) is 14.9 Å². The maximum Gasteiger partial charge on any atom is 0.225 e. The maximum absolute atomic E-state index is 12.6. The Kier molecular flexibility index (Phi) is 3.81. The third kappa shape index (κ3) is 2.74. The first-order chi connectivity index (χ1) is 13.1. The number of aryl methyl sites for hydroxylation is 1. The van der Waals surface area contributed by atoms with Crippen molar-refractivity contribution in [3.05, 3.63) is 41.6 Å². The first-order valence-electron chi connectivity index (χ1n) is 9.86. The van der Waals surface area contributed by atoms with E-state index in [4.69, 9.17) is 9.40 Å². The lowest BCUT2D eigenvalue weighted by atomic mass is 9.75. The molecule has 27 heavy (non-hydrogen) atoms. The summed E-state index contributed by atoms with van der Waals surface area (Å²) >= 11 is 0. The highest BCUT2D eigenvalue weighted by molar-refractivity contribution is 6.00. The van der Waals surface area contributed by atoms with Crippen molar-refractivity contribution in [1.29, 1.82) is 0 Å². The Balaban J connectivity index is 1.54. The van der Waals surface area contributed by atoms with Crippen molar-refractivity contribution in [1.82, 2.24) is 14.5 Å². The summed E-state index contributed by atoms with van der Waals surface area (Å²) in [5.41, 5.74) is 1.74. The highest BCUT2D eigenvalue weighted by Gasteiger charge is 2.41. The monoisotopic (exact) mass is 364 g/mol. The number of nitrogens with zero attached hydrogens (tertiary/aromatic N) is 3.